The fourth-order valence-corrected chi connectivity index (χ4v) is 7.27. The van der Waals surface area contributed by atoms with E-state index < -0.39 is 49.4 Å². The number of hydrogen-bond donors (Lipinski definition) is 2. The van der Waals surface area contributed by atoms with Crippen molar-refractivity contribution < 1.29 is 66.7 Å². The van der Waals surface area contributed by atoms with Gasteiger partial charge in [0.2, 0.25) is 13.6 Å². The van der Waals surface area contributed by atoms with Gasteiger partial charge >= 0.3 is 30.2 Å². The summed E-state index contributed by atoms with van der Waals surface area (Å²) >= 11 is 0. The second kappa shape index (κ2) is 29.2. The fraction of sp³-hybridized carbons (Fsp3) is 0.604. The number of ketones is 2. The number of halogens is 1. The number of carbonyl (C=O) groups excluding carboxylic acids is 7. The number of amides is 3. The second-order valence-electron chi connectivity index (χ2n) is 17.2. The number of nitrogens with zero attached hydrogens (tertiary/aromatic N) is 2. The molecule has 0 aliphatic carbocycles. The number of rotatable bonds is 17. The molecule has 4 rings (SSSR count). The Morgan fingerprint density at radius 3 is 1.48 bits per heavy atom. The van der Waals surface area contributed by atoms with Crippen LogP contribution in [0, 0.1) is 39.5 Å². The zero-order chi connectivity index (χ0) is 48.3. The van der Waals surface area contributed by atoms with Crippen LogP contribution in [0.15, 0.2) is 24.3 Å². The number of Topliss-reactive ketones (excluding diaryl/α,β-unsaturated/α-hetero) is 2. The highest BCUT2D eigenvalue weighted by molar-refractivity contribution is 5.97. The Morgan fingerprint density at radius 1 is 0.672 bits per heavy atom. The molecule has 2 aliphatic heterocycles. The minimum absolute atomic E-state index is 0. The molecule has 2 aromatic carbocycles. The van der Waals surface area contributed by atoms with Gasteiger partial charge in [-0.3, -0.25) is 19.2 Å². The molecule has 3 amide bonds. The summed E-state index contributed by atoms with van der Waals surface area (Å²) < 4.78 is 35.6. The molecule has 2 unspecified atom stereocenters. The van der Waals surface area contributed by atoms with Crippen molar-refractivity contribution in [1.29, 1.82) is 0 Å². The van der Waals surface area contributed by atoms with Crippen molar-refractivity contribution in [2.24, 2.45) is 17.6 Å². The van der Waals surface area contributed by atoms with E-state index in [1.807, 2.05) is 39.8 Å². The van der Waals surface area contributed by atoms with E-state index in [4.69, 9.17) is 38.9 Å². The molecule has 0 aromatic heterocycles. The number of ether oxygens (including phenoxy) is 7. The van der Waals surface area contributed by atoms with Crippen LogP contribution >= 0.6 is 12.4 Å². The summed E-state index contributed by atoms with van der Waals surface area (Å²) in [4.78, 5) is 88.0. The lowest BCUT2D eigenvalue weighted by atomic mass is 9.90. The van der Waals surface area contributed by atoms with Gasteiger partial charge in [-0.15, -0.1) is 12.4 Å². The Balaban J connectivity index is 0.000000664. The molecular formula is C48H73ClN4O14. The molecule has 2 atom stereocenters. The number of aryl methyl sites for hydroxylation is 2. The molecule has 2 saturated heterocycles. The van der Waals surface area contributed by atoms with Gasteiger partial charge in [0.1, 0.15) is 17.1 Å². The number of nitrogens with two attached hydrogens (primary N) is 1. The van der Waals surface area contributed by atoms with Gasteiger partial charge in [-0.2, -0.15) is 0 Å². The van der Waals surface area contributed by atoms with E-state index in [0.717, 1.165) is 47.9 Å². The van der Waals surface area contributed by atoms with E-state index in [-0.39, 0.29) is 69.2 Å². The van der Waals surface area contributed by atoms with Crippen molar-refractivity contribution in [2.75, 3.05) is 67.1 Å². The maximum Gasteiger partial charge on any atom is 0.412 e. The van der Waals surface area contributed by atoms with Crippen molar-refractivity contribution in [3.8, 4) is 11.5 Å². The zero-order valence-corrected chi connectivity index (χ0v) is 40.7. The van der Waals surface area contributed by atoms with Crippen LogP contribution in [-0.2, 0) is 33.3 Å². The van der Waals surface area contributed by atoms with E-state index in [9.17, 15) is 33.6 Å². The summed E-state index contributed by atoms with van der Waals surface area (Å²) in [6.45, 7) is 14.2. The highest BCUT2D eigenvalue weighted by Gasteiger charge is 2.29. The molecule has 67 heavy (non-hydrogen) atoms. The van der Waals surface area contributed by atoms with Crippen molar-refractivity contribution >= 4 is 54.2 Å². The average Bonchev–Trinajstić information content (AvgIpc) is 3.25. The average molecular weight is 966 g/mol. The van der Waals surface area contributed by atoms with Crippen LogP contribution in [0.25, 0.3) is 0 Å². The Morgan fingerprint density at radius 2 is 1.09 bits per heavy atom. The van der Waals surface area contributed by atoms with E-state index >= 15 is 0 Å². The van der Waals surface area contributed by atoms with E-state index in [2.05, 4.69) is 5.32 Å². The van der Waals surface area contributed by atoms with E-state index in [0.29, 0.717) is 61.6 Å². The molecule has 0 radical (unpaired) electrons. The lowest BCUT2D eigenvalue weighted by Gasteiger charge is -2.31. The maximum atomic E-state index is 12.9. The molecule has 0 saturated carbocycles. The molecular weight excluding hydrogens is 892 g/mol. The van der Waals surface area contributed by atoms with Crippen molar-refractivity contribution in [2.45, 2.75) is 113 Å². The Bertz CT molecular complexity index is 1990. The highest BCUT2D eigenvalue weighted by atomic mass is 35.5. The third-order valence-corrected chi connectivity index (χ3v) is 11.0. The van der Waals surface area contributed by atoms with Crippen molar-refractivity contribution in [3.05, 3.63) is 57.6 Å². The molecule has 18 nitrogen and oxygen atoms in total. The smallest absolute Gasteiger partial charge is 0.412 e. The molecule has 19 heteroatoms. The Labute approximate surface area is 401 Å². The van der Waals surface area contributed by atoms with Crippen LogP contribution in [0.1, 0.15) is 123 Å². The third kappa shape index (κ3) is 20.4. The number of carbonyl (C=O) groups is 7. The molecule has 3 N–H and O–H groups in total. The number of esters is 2. The van der Waals surface area contributed by atoms with Gasteiger partial charge in [0.25, 0.3) is 0 Å². The number of nitrogens with one attached hydrogen (secondary N) is 1. The highest BCUT2D eigenvalue weighted by Crippen LogP contribution is 2.29. The topological polar surface area (TPSA) is 229 Å². The second-order valence-corrected chi connectivity index (χ2v) is 17.2. The predicted molar refractivity (Wildman–Crippen MR) is 253 cm³/mol. The van der Waals surface area contributed by atoms with Crippen molar-refractivity contribution in [3.63, 3.8) is 0 Å². The van der Waals surface area contributed by atoms with Crippen LogP contribution < -0.4 is 20.5 Å². The number of piperidine rings is 2. The van der Waals surface area contributed by atoms with Gasteiger partial charge < -0.3 is 54.0 Å². The van der Waals surface area contributed by atoms with Gasteiger partial charge in [-0.25, -0.2) is 14.4 Å². The first-order chi connectivity index (χ1) is 30.7. The number of methoxy groups -OCH3 is 2. The van der Waals surface area contributed by atoms with Gasteiger partial charge in [0, 0.05) is 63.2 Å². The van der Waals surface area contributed by atoms with Crippen molar-refractivity contribution in [1.82, 2.24) is 15.1 Å². The molecule has 2 fully saturated rings. The molecule has 2 aromatic rings. The van der Waals surface area contributed by atoms with Gasteiger partial charge in [-0.05, 0) is 133 Å². The monoisotopic (exact) mass is 964 g/mol. The van der Waals surface area contributed by atoms with Crippen LogP contribution in [-0.4, -0.2) is 124 Å². The minimum Gasteiger partial charge on any atom is -0.496 e. The van der Waals surface area contributed by atoms with E-state index in [1.54, 1.807) is 52.0 Å². The summed E-state index contributed by atoms with van der Waals surface area (Å²) in [7, 11) is 3.17. The lowest BCUT2D eigenvalue weighted by Crippen LogP contribution is -2.41. The summed E-state index contributed by atoms with van der Waals surface area (Å²) in [6.07, 6.45) is 2.11. The maximum absolute atomic E-state index is 12.9. The Hall–Kier alpha value is -5.62. The van der Waals surface area contributed by atoms with Gasteiger partial charge in [0.05, 0.1) is 27.1 Å². The van der Waals surface area contributed by atoms with Crippen LogP contribution in [0.4, 0.5) is 14.4 Å². The molecule has 2 aliphatic rings. The number of hydrogen-bond acceptors (Lipinski definition) is 15. The fourth-order valence-electron chi connectivity index (χ4n) is 7.27. The first-order valence-corrected chi connectivity index (χ1v) is 21.9. The van der Waals surface area contributed by atoms with Gasteiger partial charge in [0.15, 0.2) is 11.6 Å². The largest absolute Gasteiger partial charge is 0.496 e. The summed E-state index contributed by atoms with van der Waals surface area (Å²) in [6, 6.07) is 7.28. The lowest BCUT2D eigenvalue weighted by molar-refractivity contribution is -0.153. The molecule has 0 spiro atoms. The van der Waals surface area contributed by atoms with Crippen LogP contribution in [0.5, 0.6) is 11.5 Å². The van der Waals surface area contributed by atoms with Gasteiger partial charge in [-0.1, -0.05) is 7.43 Å². The summed E-state index contributed by atoms with van der Waals surface area (Å²) in [5.74, 6) is 0.349. The standard InChI is InChI=1S/C26H38N2O8.C21H30N2O6.CH4.ClH/c1-17-12-20(14-22(33-6)18(17)2)21(29)13-19-8-7-11-28(15-19)25(32)35-16-34-23(30)9-10-27-24(31)36-26(3,4)5;1-14-9-17(11-19(27-3)15(14)2)18(24)10-16-5-4-8-23(12-16)21(26)29-13-28-20(25)6-7-22;;/h12,14,19H,7-11,13,15-16H2,1-6H3,(H,27,31);9,11,16H,4-8,10,12-13,22H2,1-3H3;1H4;1H. The minimum atomic E-state index is -0.632. The van der Waals surface area contributed by atoms with E-state index in [1.165, 1.54) is 4.90 Å². The number of alkyl carbamates (subject to hydrolysis) is 1. The third-order valence-electron chi connectivity index (χ3n) is 11.0. The molecule has 2 heterocycles. The summed E-state index contributed by atoms with van der Waals surface area (Å²) in [5, 5.41) is 2.45. The van der Waals surface area contributed by atoms with Crippen LogP contribution in [0.3, 0.4) is 0 Å². The van der Waals surface area contributed by atoms with Crippen LogP contribution in [0.2, 0.25) is 0 Å². The quantitative estimate of drug-likeness (QED) is 0.0667. The first-order valence-electron chi connectivity index (χ1n) is 21.9. The normalized spacial score (nSPS) is 15.4. The Kier molecular flexibility index (Phi) is 25.9. The first kappa shape index (κ1) is 59.4. The molecule has 376 valence electrons. The molecule has 0 bridgehead atoms. The SMILES string of the molecule is C.COc1cc(C(=O)CC2CCCN(C(=O)OCOC(=O)CCN)C2)cc(C)c1C.COc1cc(C(=O)CC2CCCN(C(=O)OCOC(=O)CCNC(=O)OC(C)(C)C)C2)cc(C)c1C.Cl. The number of likely N-dealkylation sites (tertiary alicyclic amines) is 2. The zero-order valence-electron chi connectivity index (χ0n) is 39.9. The number of benzene rings is 2. The predicted octanol–water partition coefficient (Wildman–Crippen LogP) is 7.79. The summed E-state index contributed by atoms with van der Waals surface area (Å²) in [5.41, 5.74) is 9.85.